The first-order valence-corrected chi connectivity index (χ1v) is 13.1. The first kappa shape index (κ1) is 23.5. The lowest BCUT2D eigenvalue weighted by Gasteiger charge is -2.03. The van der Waals surface area contributed by atoms with E-state index in [1.165, 1.54) is 68.7 Å². The molecule has 0 unspecified atom stereocenters. The monoisotopic (exact) mass is 456 g/mol. The van der Waals surface area contributed by atoms with Gasteiger partial charge in [0.2, 0.25) is 0 Å². The van der Waals surface area contributed by atoms with E-state index in [4.69, 9.17) is 4.98 Å². The van der Waals surface area contributed by atoms with Crippen LogP contribution in [0.25, 0.3) is 16.5 Å². The summed E-state index contributed by atoms with van der Waals surface area (Å²) in [5, 5.41) is 4.70. The summed E-state index contributed by atoms with van der Waals surface area (Å²) >= 11 is 1.79. The molecule has 4 rings (SSSR count). The van der Waals surface area contributed by atoms with Gasteiger partial charge in [-0.3, -0.25) is 0 Å². The second-order valence-corrected chi connectivity index (χ2v) is 10.4. The van der Waals surface area contributed by atoms with Crippen LogP contribution in [-0.4, -0.2) is 9.97 Å². The van der Waals surface area contributed by atoms with Crippen LogP contribution >= 0.6 is 11.3 Å². The minimum atomic E-state index is 0.919. The van der Waals surface area contributed by atoms with E-state index in [1.54, 1.807) is 16.9 Å². The molecule has 1 fully saturated rings. The van der Waals surface area contributed by atoms with Gasteiger partial charge in [-0.05, 0) is 72.3 Å². The van der Waals surface area contributed by atoms with Gasteiger partial charge in [0, 0.05) is 40.0 Å². The second-order valence-electron chi connectivity index (χ2n) is 9.53. The van der Waals surface area contributed by atoms with Gasteiger partial charge in [0.1, 0.15) is 5.01 Å². The zero-order valence-electron chi connectivity index (χ0n) is 20.5. The van der Waals surface area contributed by atoms with Gasteiger partial charge in [0.05, 0.1) is 5.69 Å². The third-order valence-corrected chi connectivity index (χ3v) is 7.17. The Morgan fingerprint density at radius 2 is 1.70 bits per heavy atom. The van der Waals surface area contributed by atoms with Crippen LogP contribution in [-0.2, 0) is 6.42 Å². The number of H-pyrrole nitrogens is 1. The first-order chi connectivity index (χ1) is 16.0. The largest absolute Gasteiger partial charge is 0.361 e. The van der Waals surface area contributed by atoms with E-state index in [2.05, 4.69) is 86.7 Å². The van der Waals surface area contributed by atoms with Crippen LogP contribution in [0.15, 0.2) is 76.4 Å². The number of allylic oxidation sites excluding steroid dienone is 7. The van der Waals surface area contributed by atoms with Gasteiger partial charge in [0.15, 0.2) is 0 Å². The highest BCUT2D eigenvalue weighted by Crippen LogP contribution is 2.43. The van der Waals surface area contributed by atoms with Crippen molar-refractivity contribution in [3.05, 3.63) is 92.6 Å². The summed E-state index contributed by atoms with van der Waals surface area (Å²) in [5.74, 6) is 0. The van der Waals surface area contributed by atoms with Crippen molar-refractivity contribution in [3.63, 3.8) is 0 Å². The van der Waals surface area contributed by atoms with Crippen LogP contribution < -0.4 is 0 Å². The average molecular weight is 457 g/mol. The van der Waals surface area contributed by atoms with Crippen LogP contribution in [0.5, 0.6) is 0 Å². The molecule has 0 saturated heterocycles. The third-order valence-electron chi connectivity index (χ3n) is 6.26. The molecule has 2 nitrogen and oxygen atoms in total. The van der Waals surface area contributed by atoms with E-state index in [0.717, 1.165) is 25.7 Å². The zero-order chi connectivity index (χ0) is 23.2. The number of hydrogen-bond acceptors (Lipinski definition) is 2. The lowest BCUT2D eigenvalue weighted by atomic mass is 10.0. The molecule has 0 amide bonds. The fourth-order valence-corrected chi connectivity index (χ4v) is 5.12. The average Bonchev–Trinajstić information content (AvgIpc) is 3.36. The van der Waals surface area contributed by atoms with E-state index in [9.17, 15) is 0 Å². The normalized spacial score (nSPS) is 14.1. The molecule has 3 heteroatoms. The Morgan fingerprint density at radius 3 is 2.45 bits per heavy atom. The molecule has 172 valence electrons. The lowest BCUT2D eigenvalue weighted by Crippen LogP contribution is -1.89. The fourth-order valence-electron chi connectivity index (χ4n) is 4.18. The van der Waals surface area contributed by atoms with Gasteiger partial charge in [-0.1, -0.05) is 58.7 Å². The zero-order valence-corrected chi connectivity index (χ0v) is 21.3. The first-order valence-electron chi connectivity index (χ1n) is 12.2. The Bertz CT molecular complexity index is 1220. The number of nitrogens with zero attached hydrogens (tertiary/aromatic N) is 1. The molecule has 3 aromatic rings. The highest BCUT2D eigenvalue weighted by molar-refractivity contribution is 7.11. The fraction of sp³-hybridized carbons (Fsp3) is 0.367. The molecule has 0 atom stereocenters. The van der Waals surface area contributed by atoms with E-state index < -0.39 is 0 Å². The smallest absolute Gasteiger partial charge is 0.124 e. The van der Waals surface area contributed by atoms with E-state index in [1.807, 2.05) is 0 Å². The number of fused-ring (bicyclic) bond motifs is 1. The van der Waals surface area contributed by atoms with Gasteiger partial charge in [-0.2, -0.15) is 0 Å². The predicted octanol–water partition coefficient (Wildman–Crippen LogP) is 9.18. The maximum absolute atomic E-state index is 5.05. The van der Waals surface area contributed by atoms with Crippen molar-refractivity contribution in [2.45, 2.75) is 72.6 Å². The molecule has 1 aromatic carbocycles. The second kappa shape index (κ2) is 11.0. The van der Waals surface area contributed by atoms with Crippen molar-refractivity contribution in [1.29, 1.82) is 0 Å². The van der Waals surface area contributed by atoms with Crippen molar-refractivity contribution in [1.82, 2.24) is 9.97 Å². The van der Waals surface area contributed by atoms with Crippen LogP contribution in [0.3, 0.4) is 0 Å². The molecular weight excluding hydrogens is 420 g/mol. The molecule has 1 aliphatic carbocycles. The Hall–Kier alpha value is -2.65. The summed E-state index contributed by atoms with van der Waals surface area (Å²) in [6, 6.07) is 8.57. The number of benzene rings is 1. The van der Waals surface area contributed by atoms with E-state index in [0.29, 0.717) is 0 Å². The number of aromatic nitrogens is 2. The van der Waals surface area contributed by atoms with Crippen molar-refractivity contribution in [2.24, 2.45) is 0 Å². The maximum atomic E-state index is 5.05. The van der Waals surface area contributed by atoms with Crippen LogP contribution in [0.1, 0.15) is 82.5 Å². The van der Waals surface area contributed by atoms with Gasteiger partial charge >= 0.3 is 0 Å². The van der Waals surface area contributed by atoms with Crippen molar-refractivity contribution in [2.75, 3.05) is 0 Å². The van der Waals surface area contributed by atoms with Gasteiger partial charge < -0.3 is 4.98 Å². The standard InChI is InChI=1S/C30H36N2S/c1-21(2)9-7-10-22(3)11-8-12-23(4)15-18-25-20-33-30(32-25)29(24-16-17-24)27-19-31-28-14-6-5-13-26(27)28/h5-6,9,11,13-15,19-20,31H,7-8,10,12,16-18H2,1-4H3/b22-11+,23-15+. The van der Waals surface area contributed by atoms with Crippen molar-refractivity contribution >= 4 is 27.8 Å². The highest BCUT2D eigenvalue weighted by atomic mass is 32.1. The molecular formula is C30H36N2S. The Balaban J connectivity index is 1.37. The molecule has 0 aliphatic heterocycles. The molecule has 2 aromatic heterocycles. The summed E-state index contributed by atoms with van der Waals surface area (Å²) in [5.41, 5.74) is 10.9. The van der Waals surface area contributed by atoms with E-state index in [-0.39, 0.29) is 0 Å². The Morgan fingerprint density at radius 1 is 0.970 bits per heavy atom. The number of thiazole rings is 1. The molecule has 1 N–H and O–H groups in total. The maximum Gasteiger partial charge on any atom is 0.124 e. The topological polar surface area (TPSA) is 28.7 Å². The van der Waals surface area contributed by atoms with Crippen molar-refractivity contribution < 1.29 is 0 Å². The van der Waals surface area contributed by atoms with Crippen LogP contribution in [0.4, 0.5) is 0 Å². The Labute approximate surface area is 202 Å². The van der Waals surface area contributed by atoms with Crippen LogP contribution in [0, 0.1) is 0 Å². The lowest BCUT2D eigenvalue weighted by molar-refractivity contribution is 0.913. The van der Waals surface area contributed by atoms with Gasteiger partial charge in [-0.15, -0.1) is 11.3 Å². The number of nitrogens with one attached hydrogen (secondary N) is 1. The summed E-state index contributed by atoms with van der Waals surface area (Å²) in [6.07, 6.45) is 17.2. The highest BCUT2D eigenvalue weighted by Gasteiger charge is 2.24. The minimum Gasteiger partial charge on any atom is -0.361 e. The molecule has 1 aliphatic rings. The molecule has 33 heavy (non-hydrogen) atoms. The predicted molar refractivity (Wildman–Crippen MR) is 145 cm³/mol. The number of aromatic amines is 1. The summed E-state index contributed by atoms with van der Waals surface area (Å²) < 4.78 is 0. The number of rotatable bonds is 10. The van der Waals surface area contributed by atoms with Gasteiger partial charge in [-0.25, -0.2) is 4.98 Å². The molecule has 0 bridgehead atoms. The molecule has 1 saturated carbocycles. The number of para-hydroxylation sites is 1. The summed E-state index contributed by atoms with van der Waals surface area (Å²) in [7, 11) is 0. The summed E-state index contributed by atoms with van der Waals surface area (Å²) in [4.78, 5) is 8.48. The van der Waals surface area contributed by atoms with E-state index >= 15 is 0 Å². The summed E-state index contributed by atoms with van der Waals surface area (Å²) in [6.45, 7) is 8.85. The SMILES string of the molecule is CC(C)=CCC/C(C)=C/CC/C(C)=C/Cc1csc(C(=C2CC2)c2c[nH]c3ccccc23)n1. The quantitative estimate of drug-likeness (QED) is 0.303. The minimum absolute atomic E-state index is 0.919. The molecule has 2 heterocycles. The number of hydrogen-bond donors (Lipinski definition) is 1. The van der Waals surface area contributed by atoms with Gasteiger partial charge in [0.25, 0.3) is 0 Å². The van der Waals surface area contributed by atoms with Crippen molar-refractivity contribution in [3.8, 4) is 0 Å². The third kappa shape index (κ3) is 6.45. The molecule has 0 radical (unpaired) electrons. The Kier molecular flexibility index (Phi) is 7.82. The van der Waals surface area contributed by atoms with Crippen LogP contribution in [0.2, 0.25) is 0 Å². The molecule has 0 spiro atoms.